The maximum Gasteiger partial charge on any atom is 0.253 e. The van der Waals surface area contributed by atoms with Gasteiger partial charge in [0.2, 0.25) is 5.91 Å². The lowest BCUT2D eigenvalue weighted by molar-refractivity contribution is -0.122. The average molecular weight is 289 g/mol. The Balaban J connectivity index is 1.92. The number of amides is 2. The van der Waals surface area contributed by atoms with Crippen molar-refractivity contribution in [3.8, 4) is 0 Å². The van der Waals surface area contributed by atoms with E-state index in [-0.39, 0.29) is 11.8 Å². The van der Waals surface area contributed by atoms with Crippen LogP contribution in [-0.4, -0.2) is 35.8 Å². The highest BCUT2D eigenvalue weighted by molar-refractivity contribution is 5.94. The van der Waals surface area contributed by atoms with E-state index in [0.717, 1.165) is 31.5 Å². The number of benzene rings is 1. The number of hydrogen-bond acceptors (Lipinski definition) is 3. The molecule has 0 aromatic heterocycles. The minimum absolute atomic E-state index is 0.0980. The van der Waals surface area contributed by atoms with Crippen molar-refractivity contribution in [3.63, 3.8) is 0 Å². The van der Waals surface area contributed by atoms with Gasteiger partial charge in [0.1, 0.15) is 0 Å². The Hall–Kier alpha value is -1.88. The summed E-state index contributed by atoms with van der Waals surface area (Å²) in [5, 5.41) is 2.75. The molecule has 1 heterocycles. The molecule has 5 heteroatoms. The molecule has 1 aliphatic rings. The Labute approximate surface area is 125 Å². The van der Waals surface area contributed by atoms with E-state index in [1.807, 2.05) is 29.2 Å². The second-order valence-electron chi connectivity index (χ2n) is 5.56. The fourth-order valence-corrected chi connectivity index (χ4v) is 2.39. The second-order valence-corrected chi connectivity index (χ2v) is 5.56. The number of carbonyl (C=O) groups excluding carboxylic acids is 2. The van der Waals surface area contributed by atoms with Gasteiger partial charge in [-0.25, -0.2) is 0 Å². The summed E-state index contributed by atoms with van der Waals surface area (Å²) in [6.07, 6.45) is 3.39. The van der Waals surface area contributed by atoms with Gasteiger partial charge in [-0.15, -0.1) is 0 Å². The lowest BCUT2D eigenvalue weighted by atomic mass is 10.1. The van der Waals surface area contributed by atoms with Crippen LogP contribution in [0, 0.1) is 0 Å². The zero-order chi connectivity index (χ0) is 15.2. The van der Waals surface area contributed by atoms with Gasteiger partial charge in [0.15, 0.2) is 0 Å². The van der Waals surface area contributed by atoms with Gasteiger partial charge in [0.25, 0.3) is 5.91 Å². The quantitative estimate of drug-likeness (QED) is 0.876. The van der Waals surface area contributed by atoms with Crippen LogP contribution in [0.25, 0.3) is 0 Å². The minimum Gasteiger partial charge on any atom is -0.351 e. The van der Waals surface area contributed by atoms with Gasteiger partial charge >= 0.3 is 0 Å². The van der Waals surface area contributed by atoms with E-state index in [0.29, 0.717) is 12.1 Å². The molecular formula is C16H23N3O2. The van der Waals surface area contributed by atoms with E-state index >= 15 is 0 Å². The van der Waals surface area contributed by atoms with Crippen molar-refractivity contribution < 1.29 is 9.59 Å². The molecule has 1 saturated heterocycles. The Morgan fingerprint density at radius 1 is 1.19 bits per heavy atom. The number of nitrogens with two attached hydrogens (primary N) is 1. The van der Waals surface area contributed by atoms with Crippen LogP contribution >= 0.6 is 0 Å². The van der Waals surface area contributed by atoms with E-state index in [2.05, 4.69) is 5.32 Å². The van der Waals surface area contributed by atoms with Gasteiger partial charge in [-0.05, 0) is 43.9 Å². The van der Waals surface area contributed by atoms with Gasteiger partial charge in [0.05, 0.1) is 6.04 Å². The highest BCUT2D eigenvalue weighted by Gasteiger charge is 2.17. The van der Waals surface area contributed by atoms with Crippen LogP contribution in [-0.2, 0) is 11.3 Å². The fraction of sp³-hybridized carbons (Fsp3) is 0.500. The zero-order valence-corrected chi connectivity index (χ0v) is 12.5. The van der Waals surface area contributed by atoms with Crippen LogP contribution in [0.2, 0.25) is 0 Å². The van der Waals surface area contributed by atoms with Gasteiger partial charge in [-0.2, -0.15) is 0 Å². The number of rotatable bonds is 4. The van der Waals surface area contributed by atoms with E-state index < -0.39 is 6.04 Å². The van der Waals surface area contributed by atoms with Crippen molar-refractivity contribution >= 4 is 11.8 Å². The molecule has 2 rings (SSSR count). The van der Waals surface area contributed by atoms with E-state index in [9.17, 15) is 9.59 Å². The number of piperidine rings is 1. The molecule has 1 atom stereocenters. The number of nitrogens with zero attached hydrogens (tertiary/aromatic N) is 1. The van der Waals surface area contributed by atoms with E-state index in [1.165, 1.54) is 6.42 Å². The summed E-state index contributed by atoms with van der Waals surface area (Å²) in [7, 11) is 0. The smallest absolute Gasteiger partial charge is 0.253 e. The Morgan fingerprint density at radius 3 is 2.38 bits per heavy atom. The SMILES string of the molecule is C[C@@H](N)C(=O)NCc1ccc(C(=O)N2CCCCC2)cc1. The van der Waals surface area contributed by atoms with Crippen LogP contribution < -0.4 is 11.1 Å². The topological polar surface area (TPSA) is 75.4 Å². The molecular weight excluding hydrogens is 266 g/mol. The lowest BCUT2D eigenvalue weighted by Crippen LogP contribution is -2.37. The van der Waals surface area contributed by atoms with Crippen molar-refractivity contribution in [2.24, 2.45) is 5.73 Å². The first-order valence-corrected chi connectivity index (χ1v) is 7.49. The maximum absolute atomic E-state index is 12.3. The second kappa shape index (κ2) is 7.22. The monoisotopic (exact) mass is 289 g/mol. The average Bonchev–Trinajstić information content (AvgIpc) is 2.53. The van der Waals surface area contributed by atoms with Crippen molar-refractivity contribution in [3.05, 3.63) is 35.4 Å². The number of carbonyl (C=O) groups is 2. The number of likely N-dealkylation sites (tertiary alicyclic amines) is 1. The predicted octanol–water partition coefficient (Wildman–Crippen LogP) is 1.28. The molecule has 1 fully saturated rings. The first-order chi connectivity index (χ1) is 10.1. The highest BCUT2D eigenvalue weighted by atomic mass is 16.2. The number of nitrogens with one attached hydrogen (secondary N) is 1. The summed E-state index contributed by atoms with van der Waals surface area (Å²) < 4.78 is 0. The van der Waals surface area contributed by atoms with Crippen LogP contribution in [0.5, 0.6) is 0 Å². The highest BCUT2D eigenvalue weighted by Crippen LogP contribution is 2.13. The molecule has 0 unspecified atom stereocenters. The normalized spacial score (nSPS) is 16.4. The summed E-state index contributed by atoms with van der Waals surface area (Å²) in [5.41, 5.74) is 7.15. The van der Waals surface area contributed by atoms with Crippen molar-refractivity contribution in [2.75, 3.05) is 13.1 Å². The summed E-state index contributed by atoms with van der Waals surface area (Å²) in [6.45, 7) is 3.78. The molecule has 0 bridgehead atoms. The molecule has 1 aromatic rings. The molecule has 2 amide bonds. The van der Waals surface area contributed by atoms with Crippen molar-refractivity contribution in [1.29, 1.82) is 0 Å². The largest absolute Gasteiger partial charge is 0.351 e. The minimum atomic E-state index is -0.509. The molecule has 1 aliphatic heterocycles. The standard InChI is InChI=1S/C16H23N3O2/c1-12(17)15(20)18-11-13-5-7-14(8-6-13)16(21)19-9-3-2-4-10-19/h5-8,12H,2-4,9-11,17H2,1H3,(H,18,20)/t12-/m1/s1. The molecule has 114 valence electrons. The van der Waals surface area contributed by atoms with E-state index in [4.69, 9.17) is 5.73 Å². The molecule has 3 N–H and O–H groups in total. The van der Waals surface area contributed by atoms with Gasteiger partial charge in [-0.3, -0.25) is 9.59 Å². The van der Waals surface area contributed by atoms with Crippen LogP contribution in [0.3, 0.4) is 0 Å². The summed E-state index contributed by atoms with van der Waals surface area (Å²) >= 11 is 0. The lowest BCUT2D eigenvalue weighted by Gasteiger charge is -2.26. The zero-order valence-electron chi connectivity index (χ0n) is 12.5. The predicted molar refractivity (Wildman–Crippen MR) is 81.7 cm³/mol. The van der Waals surface area contributed by atoms with Gasteiger partial charge in [-0.1, -0.05) is 12.1 Å². The molecule has 1 aromatic carbocycles. The molecule has 0 aliphatic carbocycles. The molecule has 21 heavy (non-hydrogen) atoms. The Bertz CT molecular complexity index is 491. The van der Waals surface area contributed by atoms with E-state index in [1.54, 1.807) is 6.92 Å². The third kappa shape index (κ3) is 4.29. The maximum atomic E-state index is 12.3. The first-order valence-electron chi connectivity index (χ1n) is 7.49. The summed E-state index contributed by atoms with van der Waals surface area (Å²) in [4.78, 5) is 25.6. The summed E-state index contributed by atoms with van der Waals surface area (Å²) in [5.74, 6) is -0.0793. The van der Waals surface area contributed by atoms with Gasteiger partial charge in [0, 0.05) is 25.2 Å². The first kappa shape index (κ1) is 15.5. The van der Waals surface area contributed by atoms with Crippen molar-refractivity contribution in [2.45, 2.75) is 38.8 Å². The molecule has 0 spiro atoms. The van der Waals surface area contributed by atoms with Crippen LogP contribution in [0.1, 0.15) is 42.1 Å². The Kier molecular flexibility index (Phi) is 5.33. The molecule has 0 saturated carbocycles. The van der Waals surface area contributed by atoms with Crippen LogP contribution in [0.15, 0.2) is 24.3 Å². The third-order valence-electron chi connectivity index (χ3n) is 3.72. The van der Waals surface area contributed by atoms with Crippen LogP contribution in [0.4, 0.5) is 0 Å². The van der Waals surface area contributed by atoms with Gasteiger partial charge < -0.3 is 16.0 Å². The fourth-order valence-electron chi connectivity index (χ4n) is 2.39. The van der Waals surface area contributed by atoms with Crippen molar-refractivity contribution in [1.82, 2.24) is 10.2 Å². The third-order valence-corrected chi connectivity index (χ3v) is 3.72. The molecule has 0 radical (unpaired) electrons. The Morgan fingerprint density at radius 2 is 1.81 bits per heavy atom. The number of hydrogen-bond donors (Lipinski definition) is 2. The molecule has 5 nitrogen and oxygen atoms in total. The summed E-state index contributed by atoms with van der Waals surface area (Å²) in [6, 6.07) is 6.89.